The second-order valence-corrected chi connectivity index (χ2v) is 2.51. The van der Waals surface area contributed by atoms with Crippen molar-refractivity contribution >= 4 is 0 Å². The van der Waals surface area contributed by atoms with Crippen molar-refractivity contribution in [2.45, 2.75) is 13.2 Å². The van der Waals surface area contributed by atoms with Gasteiger partial charge in [0, 0.05) is 12.1 Å². The van der Waals surface area contributed by atoms with E-state index in [1.807, 2.05) is 12.1 Å². The van der Waals surface area contributed by atoms with E-state index in [0.29, 0.717) is 6.54 Å². The van der Waals surface area contributed by atoms with Crippen molar-refractivity contribution in [3.05, 3.63) is 29.3 Å². The molecule has 0 saturated heterocycles. The van der Waals surface area contributed by atoms with Crippen molar-refractivity contribution in [2.75, 3.05) is 7.11 Å². The summed E-state index contributed by atoms with van der Waals surface area (Å²) in [7, 11) is 1.59. The van der Waals surface area contributed by atoms with Crippen LogP contribution >= 0.6 is 0 Å². The third kappa shape index (κ3) is 1.75. The van der Waals surface area contributed by atoms with Crippen molar-refractivity contribution < 1.29 is 9.84 Å². The Morgan fingerprint density at radius 2 is 2.25 bits per heavy atom. The summed E-state index contributed by atoms with van der Waals surface area (Å²) in [6.07, 6.45) is 0. The van der Waals surface area contributed by atoms with E-state index in [4.69, 9.17) is 15.6 Å². The summed E-state index contributed by atoms with van der Waals surface area (Å²) in [5.41, 5.74) is 7.27. The molecule has 0 aromatic heterocycles. The first-order chi connectivity index (χ1) is 5.81. The molecule has 0 bridgehead atoms. The predicted octanol–water partition coefficient (Wildman–Crippen LogP) is 0.646. The van der Waals surface area contributed by atoms with E-state index in [-0.39, 0.29) is 6.61 Å². The minimum atomic E-state index is 0.0290. The molecule has 1 aromatic carbocycles. The Morgan fingerprint density at radius 1 is 1.50 bits per heavy atom. The van der Waals surface area contributed by atoms with E-state index >= 15 is 0 Å². The summed E-state index contributed by atoms with van der Waals surface area (Å²) < 4.78 is 5.09. The molecular formula is C9H13NO2. The Labute approximate surface area is 71.8 Å². The molecule has 1 aromatic rings. The van der Waals surface area contributed by atoms with Crippen LogP contribution in [0, 0.1) is 0 Å². The van der Waals surface area contributed by atoms with E-state index in [0.717, 1.165) is 16.9 Å². The quantitative estimate of drug-likeness (QED) is 0.694. The number of rotatable bonds is 3. The van der Waals surface area contributed by atoms with Crippen LogP contribution in [0.4, 0.5) is 0 Å². The van der Waals surface area contributed by atoms with Crippen molar-refractivity contribution in [2.24, 2.45) is 5.73 Å². The maximum absolute atomic E-state index is 8.83. The first kappa shape index (κ1) is 9.03. The Morgan fingerprint density at radius 3 is 2.75 bits per heavy atom. The zero-order valence-corrected chi connectivity index (χ0v) is 7.08. The second-order valence-electron chi connectivity index (χ2n) is 2.51. The molecule has 0 fully saturated rings. The SMILES string of the molecule is COc1cc(CO)ccc1CN. The molecule has 0 spiro atoms. The lowest BCUT2D eigenvalue weighted by Crippen LogP contribution is -2.00. The number of aliphatic hydroxyl groups is 1. The largest absolute Gasteiger partial charge is 0.496 e. The molecule has 0 aliphatic rings. The summed E-state index contributed by atoms with van der Waals surface area (Å²) in [5.74, 6) is 0.740. The van der Waals surface area contributed by atoms with Crippen molar-refractivity contribution in [3.63, 3.8) is 0 Å². The van der Waals surface area contributed by atoms with Gasteiger partial charge in [-0.3, -0.25) is 0 Å². The highest BCUT2D eigenvalue weighted by Crippen LogP contribution is 2.19. The molecule has 0 saturated carbocycles. The van der Waals surface area contributed by atoms with E-state index in [2.05, 4.69) is 0 Å². The summed E-state index contributed by atoms with van der Waals surface area (Å²) in [4.78, 5) is 0. The van der Waals surface area contributed by atoms with Gasteiger partial charge in [0.15, 0.2) is 0 Å². The summed E-state index contributed by atoms with van der Waals surface area (Å²) >= 11 is 0. The van der Waals surface area contributed by atoms with Gasteiger partial charge < -0.3 is 15.6 Å². The number of hydrogen-bond acceptors (Lipinski definition) is 3. The molecule has 0 heterocycles. The molecule has 3 nitrogen and oxygen atoms in total. The molecule has 0 aliphatic carbocycles. The number of nitrogens with two attached hydrogens (primary N) is 1. The molecular weight excluding hydrogens is 154 g/mol. The average Bonchev–Trinajstić information content (AvgIpc) is 2.16. The number of aliphatic hydroxyl groups excluding tert-OH is 1. The van der Waals surface area contributed by atoms with Gasteiger partial charge >= 0.3 is 0 Å². The fourth-order valence-electron chi connectivity index (χ4n) is 1.06. The zero-order valence-electron chi connectivity index (χ0n) is 7.08. The van der Waals surface area contributed by atoms with Gasteiger partial charge in [-0.15, -0.1) is 0 Å². The van der Waals surface area contributed by atoms with Crippen LogP contribution in [0.25, 0.3) is 0 Å². The lowest BCUT2D eigenvalue weighted by molar-refractivity contribution is 0.281. The van der Waals surface area contributed by atoms with E-state index in [1.165, 1.54) is 0 Å². The highest BCUT2D eigenvalue weighted by atomic mass is 16.5. The molecule has 1 rings (SSSR count). The number of benzene rings is 1. The summed E-state index contributed by atoms with van der Waals surface area (Å²) in [5, 5.41) is 8.83. The Balaban J connectivity index is 3.02. The number of ether oxygens (including phenoxy) is 1. The fourth-order valence-corrected chi connectivity index (χ4v) is 1.06. The van der Waals surface area contributed by atoms with Gasteiger partial charge in [-0.1, -0.05) is 12.1 Å². The third-order valence-corrected chi connectivity index (χ3v) is 1.75. The van der Waals surface area contributed by atoms with Gasteiger partial charge in [-0.05, 0) is 11.6 Å². The standard InChI is InChI=1S/C9H13NO2/c1-12-9-4-7(6-11)2-3-8(9)5-10/h2-4,11H,5-6,10H2,1H3. The smallest absolute Gasteiger partial charge is 0.123 e. The molecule has 3 N–H and O–H groups in total. The average molecular weight is 167 g/mol. The van der Waals surface area contributed by atoms with Gasteiger partial charge in [0.05, 0.1) is 13.7 Å². The van der Waals surface area contributed by atoms with Crippen LogP contribution in [0.1, 0.15) is 11.1 Å². The van der Waals surface area contributed by atoms with Crippen LogP contribution in [0.3, 0.4) is 0 Å². The summed E-state index contributed by atoms with van der Waals surface area (Å²) in [6.45, 7) is 0.482. The molecule has 12 heavy (non-hydrogen) atoms. The molecule has 3 heteroatoms. The van der Waals surface area contributed by atoms with E-state index < -0.39 is 0 Å². The van der Waals surface area contributed by atoms with Gasteiger partial charge in [0.2, 0.25) is 0 Å². The molecule has 0 aliphatic heterocycles. The summed E-state index contributed by atoms with van der Waals surface area (Å²) in [6, 6.07) is 5.50. The fraction of sp³-hybridized carbons (Fsp3) is 0.333. The highest BCUT2D eigenvalue weighted by molar-refractivity contribution is 5.37. The highest BCUT2D eigenvalue weighted by Gasteiger charge is 2.01. The molecule has 66 valence electrons. The van der Waals surface area contributed by atoms with Crippen molar-refractivity contribution in [3.8, 4) is 5.75 Å². The first-order valence-electron chi connectivity index (χ1n) is 3.78. The maximum atomic E-state index is 8.83. The zero-order chi connectivity index (χ0) is 8.97. The van der Waals surface area contributed by atoms with E-state index in [1.54, 1.807) is 13.2 Å². The van der Waals surface area contributed by atoms with Crippen molar-refractivity contribution in [1.29, 1.82) is 0 Å². The Hall–Kier alpha value is -1.06. The minimum absolute atomic E-state index is 0.0290. The van der Waals surface area contributed by atoms with Crippen LogP contribution in [0.5, 0.6) is 5.75 Å². The Bertz CT molecular complexity index is 261. The van der Waals surface area contributed by atoms with Crippen LogP contribution in [-0.4, -0.2) is 12.2 Å². The van der Waals surface area contributed by atoms with Crippen LogP contribution in [0.2, 0.25) is 0 Å². The third-order valence-electron chi connectivity index (χ3n) is 1.75. The van der Waals surface area contributed by atoms with E-state index in [9.17, 15) is 0 Å². The topological polar surface area (TPSA) is 55.5 Å². The predicted molar refractivity (Wildman–Crippen MR) is 46.8 cm³/mol. The molecule has 0 unspecified atom stereocenters. The van der Waals surface area contributed by atoms with Gasteiger partial charge in [-0.25, -0.2) is 0 Å². The molecule has 0 radical (unpaired) electrons. The van der Waals surface area contributed by atoms with Crippen LogP contribution in [0.15, 0.2) is 18.2 Å². The monoisotopic (exact) mass is 167 g/mol. The Kier molecular flexibility index (Phi) is 3.08. The lowest BCUT2D eigenvalue weighted by atomic mass is 10.1. The second kappa shape index (κ2) is 4.09. The number of methoxy groups -OCH3 is 1. The van der Waals surface area contributed by atoms with Crippen molar-refractivity contribution in [1.82, 2.24) is 0 Å². The minimum Gasteiger partial charge on any atom is -0.496 e. The first-order valence-corrected chi connectivity index (χ1v) is 3.78. The van der Waals surface area contributed by atoms with Gasteiger partial charge in [0.1, 0.15) is 5.75 Å². The number of hydrogen-bond donors (Lipinski definition) is 2. The van der Waals surface area contributed by atoms with Crippen LogP contribution in [-0.2, 0) is 13.2 Å². The maximum Gasteiger partial charge on any atom is 0.123 e. The van der Waals surface area contributed by atoms with Crippen LogP contribution < -0.4 is 10.5 Å². The van der Waals surface area contributed by atoms with Gasteiger partial charge in [0.25, 0.3) is 0 Å². The normalized spacial score (nSPS) is 9.92. The molecule has 0 atom stereocenters. The molecule has 0 amide bonds. The lowest BCUT2D eigenvalue weighted by Gasteiger charge is -2.07. The van der Waals surface area contributed by atoms with Gasteiger partial charge in [-0.2, -0.15) is 0 Å².